The van der Waals surface area contributed by atoms with Crippen molar-refractivity contribution in [2.75, 3.05) is 0 Å². The number of hydrogen-bond donors (Lipinski definition) is 0. The third kappa shape index (κ3) is 4.06. The molecule has 0 unspecified atom stereocenters. The van der Waals surface area contributed by atoms with Crippen molar-refractivity contribution in [2.24, 2.45) is 7.05 Å². The summed E-state index contributed by atoms with van der Waals surface area (Å²) in [6.07, 6.45) is 5.08. The van der Waals surface area contributed by atoms with Crippen molar-refractivity contribution < 1.29 is 4.79 Å². The SMILES string of the molecule is Cc1ccccc1CN(Cc1cccnc1)C(=O)c1ccn(C)c(=O)c1. The molecule has 0 N–H and O–H groups in total. The second kappa shape index (κ2) is 7.78. The summed E-state index contributed by atoms with van der Waals surface area (Å²) >= 11 is 0. The Bertz CT molecular complexity index is 964. The lowest BCUT2D eigenvalue weighted by Gasteiger charge is -2.24. The Hall–Kier alpha value is -3.21. The van der Waals surface area contributed by atoms with Crippen molar-refractivity contribution in [3.8, 4) is 0 Å². The van der Waals surface area contributed by atoms with Gasteiger partial charge in [0.2, 0.25) is 0 Å². The Balaban J connectivity index is 1.93. The van der Waals surface area contributed by atoms with Gasteiger partial charge >= 0.3 is 0 Å². The Morgan fingerprint density at radius 1 is 1.12 bits per heavy atom. The van der Waals surface area contributed by atoms with Gasteiger partial charge in [0.25, 0.3) is 11.5 Å². The highest BCUT2D eigenvalue weighted by Gasteiger charge is 2.18. The van der Waals surface area contributed by atoms with Crippen LogP contribution < -0.4 is 5.56 Å². The number of pyridine rings is 2. The minimum absolute atomic E-state index is 0.171. The van der Waals surface area contributed by atoms with Crippen LogP contribution in [0.25, 0.3) is 0 Å². The van der Waals surface area contributed by atoms with E-state index in [1.165, 1.54) is 10.6 Å². The third-order valence-corrected chi connectivity index (χ3v) is 4.36. The fourth-order valence-electron chi connectivity index (χ4n) is 2.77. The Kier molecular flexibility index (Phi) is 5.27. The summed E-state index contributed by atoms with van der Waals surface area (Å²) in [5, 5.41) is 0. The van der Waals surface area contributed by atoms with E-state index in [1.807, 2.05) is 43.3 Å². The van der Waals surface area contributed by atoms with Crippen LogP contribution in [0.3, 0.4) is 0 Å². The molecule has 0 atom stereocenters. The molecule has 0 saturated carbocycles. The lowest BCUT2D eigenvalue weighted by molar-refractivity contribution is 0.0729. The maximum absolute atomic E-state index is 13.1. The first-order chi connectivity index (χ1) is 12.5. The molecule has 26 heavy (non-hydrogen) atoms. The van der Waals surface area contributed by atoms with Crippen molar-refractivity contribution in [1.29, 1.82) is 0 Å². The van der Waals surface area contributed by atoms with Gasteiger partial charge in [-0.2, -0.15) is 0 Å². The van der Waals surface area contributed by atoms with Gasteiger partial charge in [-0.25, -0.2) is 0 Å². The summed E-state index contributed by atoms with van der Waals surface area (Å²) in [6.45, 7) is 2.92. The molecule has 2 heterocycles. The van der Waals surface area contributed by atoms with Crippen LogP contribution >= 0.6 is 0 Å². The average Bonchev–Trinajstić information content (AvgIpc) is 2.65. The van der Waals surface area contributed by atoms with Gasteiger partial charge in [0, 0.05) is 50.4 Å². The van der Waals surface area contributed by atoms with Gasteiger partial charge < -0.3 is 9.47 Å². The van der Waals surface area contributed by atoms with Gasteiger partial charge in [-0.15, -0.1) is 0 Å². The number of benzene rings is 1. The standard InChI is InChI=1S/C21H21N3O2/c1-16-6-3-4-8-19(16)15-24(14-17-7-5-10-22-13-17)21(26)18-9-11-23(2)20(25)12-18/h3-13H,14-15H2,1-2H3. The third-order valence-electron chi connectivity index (χ3n) is 4.36. The van der Waals surface area contributed by atoms with Gasteiger partial charge in [-0.05, 0) is 35.7 Å². The smallest absolute Gasteiger partial charge is 0.254 e. The largest absolute Gasteiger partial charge is 0.330 e. The average molecular weight is 347 g/mol. The highest BCUT2D eigenvalue weighted by molar-refractivity contribution is 5.94. The number of aryl methyl sites for hydroxylation is 2. The number of nitrogens with zero attached hydrogens (tertiary/aromatic N) is 3. The van der Waals surface area contributed by atoms with E-state index < -0.39 is 0 Å². The Labute approximate surface area is 152 Å². The molecule has 0 saturated heterocycles. The molecule has 0 aliphatic carbocycles. The first-order valence-corrected chi connectivity index (χ1v) is 8.44. The second-order valence-electron chi connectivity index (χ2n) is 6.31. The molecule has 2 aromatic heterocycles. The summed E-state index contributed by atoms with van der Waals surface area (Å²) < 4.78 is 1.45. The summed E-state index contributed by atoms with van der Waals surface area (Å²) in [6, 6.07) is 14.8. The molecular formula is C21H21N3O2. The van der Waals surface area contributed by atoms with E-state index in [9.17, 15) is 9.59 Å². The monoisotopic (exact) mass is 347 g/mol. The van der Waals surface area contributed by atoms with Gasteiger partial charge in [0.05, 0.1) is 0 Å². The molecule has 5 heteroatoms. The lowest BCUT2D eigenvalue weighted by Crippen LogP contribution is -2.31. The molecule has 1 aromatic carbocycles. The van der Waals surface area contributed by atoms with E-state index in [-0.39, 0.29) is 11.5 Å². The molecule has 0 aliphatic rings. The Morgan fingerprint density at radius 2 is 1.92 bits per heavy atom. The van der Waals surface area contributed by atoms with E-state index >= 15 is 0 Å². The van der Waals surface area contributed by atoms with Crippen molar-refractivity contribution in [3.63, 3.8) is 0 Å². The van der Waals surface area contributed by atoms with Crippen LogP contribution in [0, 0.1) is 6.92 Å². The fourth-order valence-corrected chi connectivity index (χ4v) is 2.77. The molecule has 5 nitrogen and oxygen atoms in total. The zero-order chi connectivity index (χ0) is 18.5. The quantitative estimate of drug-likeness (QED) is 0.713. The molecule has 1 amide bonds. The lowest BCUT2D eigenvalue weighted by atomic mass is 10.1. The van der Waals surface area contributed by atoms with Crippen LogP contribution in [0.1, 0.15) is 27.0 Å². The molecular weight excluding hydrogens is 326 g/mol. The van der Waals surface area contributed by atoms with Gasteiger partial charge in [0.1, 0.15) is 0 Å². The van der Waals surface area contributed by atoms with Crippen molar-refractivity contribution in [2.45, 2.75) is 20.0 Å². The molecule has 3 aromatic rings. The van der Waals surface area contributed by atoms with Crippen LogP contribution in [0.5, 0.6) is 0 Å². The van der Waals surface area contributed by atoms with Gasteiger partial charge in [-0.3, -0.25) is 14.6 Å². The number of carbonyl (C=O) groups is 1. The molecule has 0 bridgehead atoms. The minimum atomic E-state index is -0.201. The van der Waals surface area contributed by atoms with Gasteiger partial charge in [-0.1, -0.05) is 30.3 Å². The molecule has 132 valence electrons. The van der Waals surface area contributed by atoms with Crippen molar-refractivity contribution in [3.05, 3.63) is 99.7 Å². The van der Waals surface area contributed by atoms with E-state index in [0.717, 1.165) is 16.7 Å². The minimum Gasteiger partial charge on any atom is -0.330 e. The molecule has 3 rings (SSSR count). The number of amides is 1. The van der Waals surface area contributed by atoms with Crippen LogP contribution in [0.4, 0.5) is 0 Å². The highest BCUT2D eigenvalue weighted by Crippen LogP contribution is 2.16. The zero-order valence-electron chi connectivity index (χ0n) is 14.9. The van der Waals surface area contributed by atoms with E-state index in [1.54, 1.807) is 36.6 Å². The maximum atomic E-state index is 13.1. The molecule has 0 spiro atoms. The number of hydrogen-bond acceptors (Lipinski definition) is 3. The number of aromatic nitrogens is 2. The van der Waals surface area contributed by atoms with Crippen LogP contribution in [0.2, 0.25) is 0 Å². The number of rotatable bonds is 5. The van der Waals surface area contributed by atoms with Crippen molar-refractivity contribution in [1.82, 2.24) is 14.5 Å². The van der Waals surface area contributed by atoms with E-state index in [2.05, 4.69) is 4.98 Å². The molecule has 0 aliphatic heterocycles. The number of carbonyl (C=O) groups excluding carboxylic acids is 1. The molecule has 0 fully saturated rings. The van der Waals surface area contributed by atoms with Crippen molar-refractivity contribution >= 4 is 5.91 Å². The zero-order valence-corrected chi connectivity index (χ0v) is 14.9. The summed E-state index contributed by atoms with van der Waals surface area (Å²) in [5.74, 6) is -0.171. The maximum Gasteiger partial charge on any atom is 0.254 e. The molecule has 0 radical (unpaired) electrons. The predicted molar refractivity (Wildman–Crippen MR) is 101 cm³/mol. The first kappa shape index (κ1) is 17.6. The van der Waals surface area contributed by atoms with Crippen LogP contribution in [-0.4, -0.2) is 20.4 Å². The fraction of sp³-hybridized carbons (Fsp3) is 0.190. The normalized spacial score (nSPS) is 10.5. The predicted octanol–water partition coefficient (Wildman–Crippen LogP) is 2.93. The highest BCUT2D eigenvalue weighted by atomic mass is 16.2. The van der Waals surface area contributed by atoms with E-state index in [4.69, 9.17) is 0 Å². The summed E-state index contributed by atoms with van der Waals surface area (Å²) in [4.78, 5) is 30.9. The second-order valence-corrected chi connectivity index (χ2v) is 6.31. The van der Waals surface area contributed by atoms with E-state index in [0.29, 0.717) is 18.7 Å². The van der Waals surface area contributed by atoms with Crippen LogP contribution in [0.15, 0.2) is 71.9 Å². The Morgan fingerprint density at radius 3 is 2.62 bits per heavy atom. The van der Waals surface area contributed by atoms with Gasteiger partial charge in [0.15, 0.2) is 0 Å². The van der Waals surface area contributed by atoms with Crippen LogP contribution in [-0.2, 0) is 20.1 Å². The summed E-state index contributed by atoms with van der Waals surface area (Å²) in [5.41, 5.74) is 3.34. The first-order valence-electron chi connectivity index (χ1n) is 8.44. The topological polar surface area (TPSA) is 55.2 Å². The summed E-state index contributed by atoms with van der Waals surface area (Å²) in [7, 11) is 1.66.